The number of nitrogens with one attached hydrogen (secondary N) is 1. The van der Waals surface area contributed by atoms with Crippen molar-refractivity contribution < 1.29 is 9.53 Å². The molecule has 0 aromatic heterocycles. The Hall–Kier alpha value is -1.33. The van der Waals surface area contributed by atoms with Crippen molar-refractivity contribution >= 4 is 43.5 Å². The van der Waals surface area contributed by atoms with Crippen LogP contribution in [0.3, 0.4) is 0 Å². The van der Waals surface area contributed by atoms with Crippen LogP contribution in [0.1, 0.15) is 15.9 Å². The van der Waals surface area contributed by atoms with Gasteiger partial charge in [0.2, 0.25) is 0 Å². The van der Waals surface area contributed by atoms with Gasteiger partial charge in [0, 0.05) is 8.95 Å². The fraction of sp³-hybridized carbons (Fsp3) is 0.133. The largest absolute Gasteiger partial charge is 0.495 e. The molecular weight excluding hydrogens is 386 g/mol. The molecule has 0 radical (unpaired) electrons. The van der Waals surface area contributed by atoms with Gasteiger partial charge >= 0.3 is 0 Å². The second-order valence-corrected chi connectivity index (χ2v) is 5.94. The Kier molecular flexibility index (Phi) is 4.83. The van der Waals surface area contributed by atoms with Crippen LogP contribution in [0, 0.1) is 6.92 Å². The van der Waals surface area contributed by atoms with E-state index in [1.165, 1.54) is 0 Å². The number of rotatable bonds is 3. The highest BCUT2D eigenvalue weighted by Gasteiger charge is 2.13. The van der Waals surface area contributed by atoms with Gasteiger partial charge in [-0.05, 0) is 52.7 Å². The number of halogens is 2. The van der Waals surface area contributed by atoms with Crippen molar-refractivity contribution in [2.45, 2.75) is 6.92 Å². The molecule has 2 aromatic rings. The van der Waals surface area contributed by atoms with Crippen LogP contribution in [0.5, 0.6) is 5.75 Å². The lowest BCUT2D eigenvalue weighted by molar-refractivity contribution is 0.102. The first-order valence-corrected chi connectivity index (χ1v) is 7.51. The van der Waals surface area contributed by atoms with Crippen molar-refractivity contribution in [3.63, 3.8) is 0 Å². The minimum atomic E-state index is -0.183. The van der Waals surface area contributed by atoms with E-state index in [1.807, 2.05) is 25.1 Å². The number of aryl methyl sites for hydroxylation is 1. The lowest BCUT2D eigenvalue weighted by Gasteiger charge is -2.12. The number of methoxy groups -OCH3 is 1. The van der Waals surface area contributed by atoms with Crippen LogP contribution in [-0.4, -0.2) is 13.0 Å². The molecule has 5 heteroatoms. The number of ether oxygens (including phenoxy) is 1. The van der Waals surface area contributed by atoms with Crippen LogP contribution in [0.25, 0.3) is 0 Å². The molecule has 0 aliphatic heterocycles. The molecule has 20 heavy (non-hydrogen) atoms. The highest BCUT2D eigenvalue weighted by atomic mass is 79.9. The highest BCUT2D eigenvalue weighted by Crippen LogP contribution is 2.29. The Labute approximate surface area is 134 Å². The van der Waals surface area contributed by atoms with Gasteiger partial charge in [0.1, 0.15) is 5.75 Å². The average Bonchev–Trinajstić information content (AvgIpc) is 2.42. The van der Waals surface area contributed by atoms with Crippen molar-refractivity contribution in [3.8, 4) is 5.75 Å². The van der Waals surface area contributed by atoms with Gasteiger partial charge in [-0.25, -0.2) is 0 Å². The van der Waals surface area contributed by atoms with Crippen LogP contribution in [0.4, 0.5) is 5.69 Å². The third-order valence-electron chi connectivity index (χ3n) is 2.85. The van der Waals surface area contributed by atoms with Crippen molar-refractivity contribution in [2.75, 3.05) is 12.4 Å². The average molecular weight is 399 g/mol. The van der Waals surface area contributed by atoms with E-state index in [0.717, 1.165) is 14.5 Å². The summed E-state index contributed by atoms with van der Waals surface area (Å²) in [6.45, 7) is 1.94. The van der Waals surface area contributed by atoms with E-state index in [2.05, 4.69) is 37.2 Å². The van der Waals surface area contributed by atoms with E-state index >= 15 is 0 Å². The number of amides is 1. The molecule has 0 aliphatic rings. The van der Waals surface area contributed by atoms with Gasteiger partial charge < -0.3 is 10.1 Å². The summed E-state index contributed by atoms with van der Waals surface area (Å²) >= 11 is 6.82. The molecule has 2 aromatic carbocycles. The summed E-state index contributed by atoms with van der Waals surface area (Å²) in [5, 5.41) is 2.86. The Bertz CT molecular complexity index is 656. The van der Waals surface area contributed by atoms with Crippen LogP contribution in [0.2, 0.25) is 0 Å². The van der Waals surface area contributed by atoms with Crippen LogP contribution in [-0.2, 0) is 0 Å². The van der Waals surface area contributed by atoms with Gasteiger partial charge in [-0.15, -0.1) is 0 Å². The Morgan fingerprint density at radius 2 is 1.95 bits per heavy atom. The van der Waals surface area contributed by atoms with Gasteiger partial charge in [-0.2, -0.15) is 0 Å². The third-order valence-corrected chi connectivity index (χ3v) is 4.39. The molecule has 104 valence electrons. The maximum atomic E-state index is 12.4. The monoisotopic (exact) mass is 397 g/mol. The van der Waals surface area contributed by atoms with E-state index in [0.29, 0.717) is 17.0 Å². The number of carbonyl (C=O) groups is 1. The topological polar surface area (TPSA) is 38.3 Å². The maximum absolute atomic E-state index is 12.4. The summed E-state index contributed by atoms with van der Waals surface area (Å²) in [5.74, 6) is 0.433. The van der Waals surface area contributed by atoms with Crippen molar-refractivity contribution in [2.24, 2.45) is 0 Å². The lowest BCUT2D eigenvalue weighted by Crippen LogP contribution is -2.13. The zero-order valence-corrected chi connectivity index (χ0v) is 14.2. The standard InChI is InChI=1S/C15H13Br2NO2/c1-9-4-3-5-11(14(9)17)15(19)18-12-8-10(16)6-7-13(12)20-2/h3-8H,1-2H3,(H,18,19). The summed E-state index contributed by atoms with van der Waals surface area (Å²) in [5.41, 5.74) is 2.23. The summed E-state index contributed by atoms with van der Waals surface area (Å²) in [6.07, 6.45) is 0. The minimum Gasteiger partial charge on any atom is -0.495 e. The molecule has 2 rings (SSSR count). The molecule has 0 bridgehead atoms. The summed E-state index contributed by atoms with van der Waals surface area (Å²) in [7, 11) is 1.57. The van der Waals surface area contributed by atoms with E-state index in [4.69, 9.17) is 4.74 Å². The van der Waals surface area contributed by atoms with Crippen molar-refractivity contribution in [1.29, 1.82) is 0 Å². The van der Waals surface area contributed by atoms with E-state index < -0.39 is 0 Å². The molecule has 0 unspecified atom stereocenters. The Balaban J connectivity index is 2.32. The summed E-state index contributed by atoms with van der Waals surface area (Å²) in [4.78, 5) is 12.4. The predicted octanol–water partition coefficient (Wildman–Crippen LogP) is 4.78. The van der Waals surface area contributed by atoms with Gasteiger partial charge in [0.05, 0.1) is 18.4 Å². The first kappa shape index (κ1) is 15.1. The fourth-order valence-electron chi connectivity index (χ4n) is 1.79. The number of hydrogen-bond acceptors (Lipinski definition) is 2. The zero-order valence-electron chi connectivity index (χ0n) is 11.0. The van der Waals surface area contributed by atoms with Gasteiger partial charge in [0.15, 0.2) is 0 Å². The fourth-order valence-corrected chi connectivity index (χ4v) is 2.60. The van der Waals surface area contributed by atoms with Gasteiger partial charge in [-0.3, -0.25) is 4.79 Å². The minimum absolute atomic E-state index is 0.183. The van der Waals surface area contributed by atoms with Gasteiger partial charge in [0.25, 0.3) is 5.91 Å². The lowest BCUT2D eigenvalue weighted by atomic mass is 10.1. The van der Waals surface area contributed by atoms with Crippen LogP contribution in [0.15, 0.2) is 45.3 Å². The Morgan fingerprint density at radius 3 is 2.65 bits per heavy atom. The van der Waals surface area contributed by atoms with Gasteiger partial charge in [-0.1, -0.05) is 28.1 Å². The second-order valence-electron chi connectivity index (χ2n) is 4.24. The Morgan fingerprint density at radius 1 is 1.20 bits per heavy atom. The molecule has 0 aliphatic carbocycles. The van der Waals surface area contributed by atoms with Crippen LogP contribution < -0.4 is 10.1 Å². The van der Waals surface area contributed by atoms with Crippen LogP contribution >= 0.6 is 31.9 Å². The quantitative estimate of drug-likeness (QED) is 0.807. The zero-order chi connectivity index (χ0) is 14.7. The molecule has 0 fully saturated rings. The molecular formula is C15H13Br2NO2. The summed E-state index contributed by atoms with van der Waals surface area (Å²) < 4.78 is 6.91. The summed E-state index contributed by atoms with van der Waals surface area (Å²) in [6, 6.07) is 11.0. The molecule has 1 amide bonds. The molecule has 0 heterocycles. The third kappa shape index (κ3) is 3.22. The number of hydrogen-bond donors (Lipinski definition) is 1. The number of carbonyl (C=O) groups excluding carboxylic acids is 1. The molecule has 0 atom stereocenters. The molecule has 0 spiro atoms. The smallest absolute Gasteiger partial charge is 0.256 e. The van der Waals surface area contributed by atoms with Crippen molar-refractivity contribution in [1.82, 2.24) is 0 Å². The number of anilines is 1. The maximum Gasteiger partial charge on any atom is 0.256 e. The van der Waals surface area contributed by atoms with E-state index in [1.54, 1.807) is 25.3 Å². The van der Waals surface area contributed by atoms with E-state index in [9.17, 15) is 4.79 Å². The highest BCUT2D eigenvalue weighted by molar-refractivity contribution is 9.10. The molecule has 0 saturated heterocycles. The second kappa shape index (κ2) is 6.41. The normalized spacial score (nSPS) is 10.2. The first-order chi connectivity index (χ1) is 9.52. The molecule has 0 saturated carbocycles. The first-order valence-electron chi connectivity index (χ1n) is 5.93. The van der Waals surface area contributed by atoms with Crippen molar-refractivity contribution in [3.05, 3.63) is 56.5 Å². The van der Waals surface area contributed by atoms with E-state index in [-0.39, 0.29) is 5.91 Å². The SMILES string of the molecule is COc1ccc(Br)cc1NC(=O)c1cccc(C)c1Br. The molecule has 1 N–H and O–H groups in total. The number of benzene rings is 2. The predicted molar refractivity (Wildman–Crippen MR) is 87.5 cm³/mol. The molecule has 3 nitrogen and oxygen atoms in total.